The zero-order valence-electron chi connectivity index (χ0n) is 24.9. The first-order chi connectivity index (χ1) is 22.8. The second-order valence-corrected chi connectivity index (χ2v) is 11.7. The summed E-state index contributed by atoms with van der Waals surface area (Å²) in [4.78, 5) is 0. The zero-order valence-corrected chi connectivity index (χ0v) is 24.9. The minimum atomic E-state index is 0.680. The van der Waals surface area contributed by atoms with Crippen molar-refractivity contribution in [1.82, 2.24) is 9.13 Å². The summed E-state index contributed by atoms with van der Waals surface area (Å²) in [5, 5.41) is 15.4. The van der Waals surface area contributed by atoms with Gasteiger partial charge in [0.2, 0.25) is 0 Å². The summed E-state index contributed by atoms with van der Waals surface area (Å²) >= 11 is 0. The van der Waals surface area contributed by atoms with Gasteiger partial charge in [-0.3, -0.25) is 0 Å². The van der Waals surface area contributed by atoms with Crippen LogP contribution in [-0.2, 0) is 0 Å². The monoisotopic (exact) mass is 585 g/mol. The maximum atomic E-state index is 10.6. The van der Waals surface area contributed by atoms with Gasteiger partial charge in [0.05, 0.1) is 27.6 Å². The van der Waals surface area contributed by atoms with Crippen molar-refractivity contribution in [3.63, 3.8) is 0 Å². The highest BCUT2D eigenvalue weighted by Gasteiger charge is 2.18. The van der Waals surface area contributed by atoms with Crippen LogP contribution < -0.4 is 0 Å². The van der Waals surface area contributed by atoms with Gasteiger partial charge in [0.1, 0.15) is 6.07 Å². The van der Waals surface area contributed by atoms with E-state index in [1.54, 1.807) is 0 Å². The Morgan fingerprint density at radius 2 is 0.783 bits per heavy atom. The summed E-state index contributed by atoms with van der Waals surface area (Å²) in [6.07, 6.45) is 0. The number of hydrogen-bond donors (Lipinski definition) is 0. The van der Waals surface area contributed by atoms with Gasteiger partial charge in [-0.25, -0.2) is 0 Å². The van der Waals surface area contributed by atoms with E-state index in [1.165, 1.54) is 21.5 Å². The molecular formula is C43H27N3. The molecule has 0 bridgehead atoms. The SMILES string of the molecule is N#Cc1c(-c2ccc3c(c2)c2ccccc2n3-c2ccccc2)cccc1-c1ccc2c(c1)c1ccccc1n2-c1ccccc1. The van der Waals surface area contributed by atoms with Crippen molar-refractivity contribution in [3.05, 3.63) is 169 Å². The molecule has 0 unspecified atom stereocenters. The highest BCUT2D eigenvalue weighted by molar-refractivity contribution is 6.12. The van der Waals surface area contributed by atoms with E-state index >= 15 is 0 Å². The van der Waals surface area contributed by atoms with Crippen LogP contribution >= 0.6 is 0 Å². The Morgan fingerprint density at radius 1 is 0.370 bits per heavy atom. The van der Waals surface area contributed by atoms with E-state index in [9.17, 15) is 5.26 Å². The Bertz CT molecular complexity index is 2460. The quantitative estimate of drug-likeness (QED) is 0.202. The molecule has 0 saturated heterocycles. The molecule has 214 valence electrons. The first-order valence-electron chi connectivity index (χ1n) is 15.5. The van der Waals surface area contributed by atoms with Crippen LogP contribution in [0.3, 0.4) is 0 Å². The van der Waals surface area contributed by atoms with Gasteiger partial charge < -0.3 is 9.13 Å². The van der Waals surface area contributed by atoms with Gasteiger partial charge in [-0.15, -0.1) is 0 Å². The van der Waals surface area contributed by atoms with E-state index in [1.807, 2.05) is 12.1 Å². The molecule has 0 spiro atoms. The lowest BCUT2D eigenvalue weighted by Crippen LogP contribution is -1.94. The standard InChI is InChI=1S/C43H27N3/c44-28-39-33(29-22-24-42-37(26-29)35-16-7-9-20-40(35)45(42)31-12-3-1-4-13-31)18-11-19-34(39)30-23-25-43-38(27-30)36-17-8-10-21-41(36)46(43)32-14-5-2-6-15-32/h1-27H. The molecule has 3 nitrogen and oxygen atoms in total. The highest BCUT2D eigenvalue weighted by Crippen LogP contribution is 2.39. The van der Waals surface area contributed by atoms with E-state index < -0.39 is 0 Å². The van der Waals surface area contributed by atoms with Gasteiger partial charge in [-0.05, 0) is 71.8 Å². The van der Waals surface area contributed by atoms with Crippen LogP contribution in [0.15, 0.2) is 164 Å². The van der Waals surface area contributed by atoms with Crippen molar-refractivity contribution < 1.29 is 0 Å². The summed E-state index contributed by atoms with van der Waals surface area (Å²) in [6, 6.07) is 60.0. The van der Waals surface area contributed by atoms with E-state index in [2.05, 4.69) is 167 Å². The third-order valence-corrected chi connectivity index (χ3v) is 9.17. The van der Waals surface area contributed by atoms with Crippen LogP contribution in [0, 0.1) is 11.3 Å². The second-order valence-electron chi connectivity index (χ2n) is 11.7. The summed E-state index contributed by atoms with van der Waals surface area (Å²) < 4.78 is 4.63. The van der Waals surface area contributed by atoms with Crippen LogP contribution in [0.2, 0.25) is 0 Å². The fourth-order valence-corrected chi connectivity index (χ4v) is 7.15. The number of rotatable bonds is 4. The lowest BCUT2D eigenvalue weighted by Gasteiger charge is -2.12. The average molecular weight is 586 g/mol. The van der Waals surface area contributed by atoms with Crippen molar-refractivity contribution in [3.8, 4) is 39.7 Å². The van der Waals surface area contributed by atoms with Crippen LogP contribution in [-0.4, -0.2) is 9.13 Å². The summed E-state index contributed by atoms with van der Waals surface area (Å²) in [7, 11) is 0. The molecule has 2 heterocycles. The number of nitrogens with zero attached hydrogens (tertiary/aromatic N) is 3. The Kier molecular flexibility index (Phi) is 5.88. The topological polar surface area (TPSA) is 33.6 Å². The van der Waals surface area contributed by atoms with Crippen LogP contribution in [0.4, 0.5) is 0 Å². The Hall–Kier alpha value is -6.37. The molecule has 0 aliphatic heterocycles. The molecule has 0 amide bonds. The first kappa shape index (κ1) is 26.1. The average Bonchev–Trinajstić information content (AvgIpc) is 3.64. The fraction of sp³-hybridized carbons (Fsp3) is 0. The number of fused-ring (bicyclic) bond motifs is 6. The second kappa shape index (κ2) is 10.4. The Balaban J connectivity index is 1.23. The summed E-state index contributed by atoms with van der Waals surface area (Å²) in [5.41, 5.74) is 11.5. The maximum absolute atomic E-state index is 10.6. The first-order valence-corrected chi connectivity index (χ1v) is 15.5. The Morgan fingerprint density at radius 3 is 1.24 bits per heavy atom. The molecule has 0 N–H and O–H groups in total. The molecule has 2 aromatic heterocycles. The number of hydrogen-bond acceptors (Lipinski definition) is 1. The molecule has 0 atom stereocenters. The fourth-order valence-electron chi connectivity index (χ4n) is 7.15. The number of aromatic nitrogens is 2. The van der Waals surface area contributed by atoms with Gasteiger partial charge in [-0.1, -0.05) is 103 Å². The van der Waals surface area contributed by atoms with Crippen molar-refractivity contribution in [2.75, 3.05) is 0 Å². The predicted molar refractivity (Wildman–Crippen MR) is 191 cm³/mol. The van der Waals surface area contributed by atoms with Crippen LogP contribution in [0.5, 0.6) is 0 Å². The van der Waals surface area contributed by atoms with Gasteiger partial charge in [0.15, 0.2) is 0 Å². The molecular weight excluding hydrogens is 558 g/mol. The third kappa shape index (κ3) is 3.91. The zero-order chi connectivity index (χ0) is 30.6. The lowest BCUT2D eigenvalue weighted by atomic mass is 9.91. The number of benzene rings is 7. The van der Waals surface area contributed by atoms with E-state index in [-0.39, 0.29) is 0 Å². The van der Waals surface area contributed by atoms with E-state index in [4.69, 9.17) is 0 Å². The van der Waals surface area contributed by atoms with Gasteiger partial charge in [0.25, 0.3) is 0 Å². The molecule has 9 rings (SSSR count). The molecule has 9 aromatic rings. The molecule has 46 heavy (non-hydrogen) atoms. The third-order valence-electron chi connectivity index (χ3n) is 9.17. The molecule has 0 aliphatic rings. The molecule has 0 aliphatic carbocycles. The lowest BCUT2D eigenvalue weighted by molar-refractivity contribution is 1.18. The summed E-state index contributed by atoms with van der Waals surface area (Å²) in [5.74, 6) is 0. The molecule has 3 heteroatoms. The van der Waals surface area contributed by atoms with Crippen LogP contribution in [0.1, 0.15) is 5.56 Å². The van der Waals surface area contributed by atoms with Gasteiger partial charge in [0, 0.05) is 44.0 Å². The van der Waals surface area contributed by atoms with Crippen molar-refractivity contribution >= 4 is 43.6 Å². The van der Waals surface area contributed by atoms with Gasteiger partial charge in [-0.2, -0.15) is 5.26 Å². The smallest absolute Gasteiger partial charge is 0.100 e. The van der Waals surface area contributed by atoms with E-state index in [0.29, 0.717) is 5.56 Å². The maximum Gasteiger partial charge on any atom is 0.100 e. The minimum Gasteiger partial charge on any atom is -0.309 e. The molecule has 0 saturated carbocycles. The Labute approximate surface area is 266 Å². The highest BCUT2D eigenvalue weighted by atomic mass is 15.0. The molecule has 0 radical (unpaired) electrons. The number of para-hydroxylation sites is 4. The normalized spacial score (nSPS) is 11.5. The molecule has 7 aromatic carbocycles. The summed E-state index contributed by atoms with van der Waals surface area (Å²) in [6.45, 7) is 0. The molecule has 0 fully saturated rings. The van der Waals surface area contributed by atoms with Crippen molar-refractivity contribution in [2.45, 2.75) is 0 Å². The van der Waals surface area contributed by atoms with Gasteiger partial charge >= 0.3 is 0 Å². The van der Waals surface area contributed by atoms with Crippen molar-refractivity contribution in [1.29, 1.82) is 5.26 Å². The van der Waals surface area contributed by atoms with Crippen LogP contribution in [0.25, 0.3) is 77.2 Å². The van der Waals surface area contributed by atoms with E-state index in [0.717, 1.165) is 55.7 Å². The van der Waals surface area contributed by atoms with Crippen molar-refractivity contribution in [2.24, 2.45) is 0 Å². The largest absolute Gasteiger partial charge is 0.309 e. The minimum absolute atomic E-state index is 0.680. The predicted octanol–water partition coefficient (Wildman–Crippen LogP) is 11.1. The number of nitriles is 1.